The van der Waals surface area contributed by atoms with Gasteiger partial charge in [0, 0.05) is 31.6 Å². The lowest BCUT2D eigenvalue weighted by atomic mass is 9.73. The fraction of sp³-hybridized carbons (Fsp3) is 0.381. The number of alkyl halides is 3. The summed E-state index contributed by atoms with van der Waals surface area (Å²) in [6, 6.07) is 11.2. The van der Waals surface area contributed by atoms with Crippen molar-refractivity contribution in [2.24, 2.45) is 5.41 Å². The Morgan fingerprint density at radius 3 is 2.45 bits per heavy atom. The lowest BCUT2D eigenvalue weighted by Gasteiger charge is -2.34. The molecule has 29 heavy (non-hydrogen) atoms. The molecule has 2 aromatic carbocycles. The highest BCUT2D eigenvalue weighted by Gasteiger charge is 2.69. The molecule has 1 saturated heterocycles. The molecule has 0 bridgehead atoms. The number of esters is 1. The van der Waals surface area contributed by atoms with Crippen LogP contribution in [0.3, 0.4) is 0 Å². The molecule has 1 aliphatic heterocycles. The number of benzene rings is 2. The van der Waals surface area contributed by atoms with Crippen LogP contribution in [0.2, 0.25) is 0 Å². The zero-order valence-electron chi connectivity index (χ0n) is 15.7. The van der Waals surface area contributed by atoms with Gasteiger partial charge >= 0.3 is 12.1 Å². The molecular formula is C21H20F5NO2. The van der Waals surface area contributed by atoms with Crippen LogP contribution in [0.5, 0.6) is 0 Å². The average molecular weight is 413 g/mol. The zero-order chi connectivity index (χ0) is 21.2. The summed E-state index contributed by atoms with van der Waals surface area (Å²) in [6.07, 6.45) is -4.99. The van der Waals surface area contributed by atoms with Crippen molar-refractivity contribution in [3.05, 3.63) is 71.3 Å². The molecule has 2 aromatic rings. The summed E-state index contributed by atoms with van der Waals surface area (Å²) in [5, 5.41) is 0. The van der Waals surface area contributed by atoms with E-state index in [0.717, 1.165) is 17.7 Å². The molecule has 0 aliphatic carbocycles. The van der Waals surface area contributed by atoms with E-state index in [-0.39, 0.29) is 25.3 Å². The molecule has 0 radical (unpaired) electrons. The molecule has 3 nitrogen and oxygen atoms in total. The van der Waals surface area contributed by atoms with Crippen LogP contribution in [0.25, 0.3) is 0 Å². The van der Waals surface area contributed by atoms with Gasteiger partial charge < -0.3 is 4.74 Å². The number of nitrogens with zero attached hydrogens (tertiary/aromatic N) is 1. The minimum absolute atomic E-state index is 0.150. The molecule has 156 valence electrons. The van der Waals surface area contributed by atoms with Gasteiger partial charge in [0.25, 0.3) is 0 Å². The standard InChI is InChI=1S/C21H20F5NO2/c1-2-29-19(28)20(21(24,25)26)13-27(11-14-6-4-3-5-7-14)12-17(20)16-9-8-15(22)10-18(16)23/h3-10,17H,2,11-13H2,1H3. The van der Waals surface area contributed by atoms with Crippen molar-refractivity contribution in [2.75, 3.05) is 19.7 Å². The third-order valence-corrected chi connectivity index (χ3v) is 5.24. The van der Waals surface area contributed by atoms with E-state index in [1.165, 1.54) is 11.8 Å². The Labute approximate surface area is 165 Å². The fourth-order valence-corrected chi connectivity index (χ4v) is 3.92. The molecule has 0 spiro atoms. The van der Waals surface area contributed by atoms with Crippen LogP contribution in [-0.4, -0.2) is 36.7 Å². The van der Waals surface area contributed by atoms with Gasteiger partial charge in [-0.15, -0.1) is 0 Å². The summed E-state index contributed by atoms with van der Waals surface area (Å²) < 4.78 is 75.6. The Bertz CT molecular complexity index is 871. The molecule has 8 heteroatoms. The van der Waals surface area contributed by atoms with Crippen LogP contribution in [-0.2, 0) is 16.1 Å². The first-order chi connectivity index (χ1) is 13.7. The monoisotopic (exact) mass is 413 g/mol. The molecule has 2 unspecified atom stereocenters. The first-order valence-corrected chi connectivity index (χ1v) is 9.14. The van der Waals surface area contributed by atoms with Crippen molar-refractivity contribution in [3.8, 4) is 0 Å². The van der Waals surface area contributed by atoms with Crippen LogP contribution in [0, 0.1) is 17.0 Å². The van der Waals surface area contributed by atoms with Crippen LogP contribution < -0.4 is 0 Å². The number of carbonyl (C=O) groups is 1. The van der Waals surface area contributed by atoms with E-state index in [9.17, 15) is 26.7 Å². The number of hydrogen-bond acceptors (Lipinski definition) is 3. The Balaban J connectivity index is 2.08. The number of hydrogen-bond donors (Lipinski definition) is 0. The van der Waals surface area contributed by atoms with E-state index in [0.29, 0.717) is 6.07 Å². The third kappa shape index (κ3) is 3.99. The Kier molecular flexibility index (Phi) is 5.93. The molecule has 0 N–H and O–H groups in total. The van der Waals surface area contributed by atoms with Crippen molar-refractivity contribution in [1.82, 2.24) is 4.90 Å². The van der Waals surface area contributed by atoms with E-state index in [1.54, 1.807) is 30.3 Å². The number of likely N-dealkylation sites (tertiary alicyclic amines) is 1. The molecule has 0 saturated carbocycles. The number of ether oxygens (including phenoxy) is 1. The number of rotatable bonds is 5. The SMILES string of the molecule is CCOC(=O)C1(C(F)(F)F)CN(Cc2ccccc2)CC1c1ccc(F)cc1F. The topological polar surface area (TPSA) is 29.5 Å². The summed E-state index contributed by atoms with van der Waals surface area (Å²) in [5.41, 5.74) is -2.55. The van der Waals surface area contributed by atoms with E-state index >= 15 is 0 Å². The Morgan fingerprint density at radius 2 is 1.86 bits per heavy atom. The maximum Gasteiger partial charge on any atom is 0.406 e. The van der Waals surface area contributed by atoms with Crippen LogP contribution in [0.1, 0.15) is 24.0 Å². The van der Waals surface area contributed by atoms with Gasteiger partial charge in [-0.2, -0.15) is 13.2 Å². The minimum atomic E-state index is -4.99. The normalized spacial score (nSPS) is 22.6. The highest BCUT2D eigenvalue weighted by atomic mass is 19.4. The lowest BCUT2D eigenvalue weighted by molar-refractivity contribution is -0.234. The summed E-state index contributed by atoms with van der Waals surface area (Å²) in [4.78, 5) is 14.1. The van der Waals surface area contributed by atoms with E-state index in [1.807, 2.05) is 0 Å². The van der Waals surface area contributed by atoms with Crippen LogP contribution in [0.15, 0.2) is 48.5 Å². The van der Waals surface area contributed by atoms with Crippen LogP contribution >= 0.6 is 0 Å². The Morgan fingerprint density at radius 1 is 1.17 bits per heavy atom. The summed E-state index contributed by atoms with van der Waals surface area (Å²) in [7, 11) is 0. The predicted octanol–water partition coefficient (Wildman–Crippen LogP) is 4.68. The molecule has 1 heterocycles. The van der Waals surface area contributed by atoms with Crippen molar-refractivity contribution in [1.29, 1.82) is 0 Å². The van der Waals surface area contributed by atoms with Gasteiger partial charge in [-0.3, -0.25) is 9.69 Å². The maximum atomic E-state index is 14.5. The summed E-state index contributed by atoms with van der Waals surface area (Å²) >= 11 is 0. The third-order valence-electron chi connectivity index (χ3n) is 5.24. The van der Waals surface area contributed by atoms with Gasteiger partial charge in [-0.05, 0) is 24.1 Å². The van der Waals surface area contributed by atoms with E-state index < -0.39 is 41.7 Å². The van der Waals surface area contributed by atoms with E-state index in [4.69, 9.17) is 4.74 Å². The van der Waals surface area contributed by atoms with Gasteiger partial charge in [0.1, 0.15) is 11.6 Å². The number of halogens is 5. The zero-order valence-corrected chi connectivity index (χ0v) is 15.7. The second kappa shape index (κ2) is 8.10. The maximum absolute atomic E-state index is 14.5. The molecule has 0 aromatic heterocycles. The summed E-state index contributed by atoms with van der Waals surface area (Å²) in [6.45, 7) is 0.416. The van der Waals surface area contributed by atoms with Gasteiger partial charge in [-0.25, -0.2) is 8.78 Å². The first-order valence-electron chi connectivity index (χ1n) is 9.14. The van der Waals surface area contributed by atoms with Gasteiger partial charge in [-0.1, -0.05) is 36.4 Å². The molecule has 1 aliphatic rings. The molecule has 3 rings (SSSR count). The van der Waals surface area contributed by atoms with E-state index in [2.05, 4.69) is 0 Å². The molecule has 0 amide bonds. The second-order valence-corrected chi connectivity index (χ2v) is 7.06. The second-order valence-electron chi connectivity index (χ2n) is 7.06. The molecule has 2 atom stereocenters. The molecular weight excluding hydrogens is 393 g/mol. The van der Waals surface area contributed by atoms with Crippen molar-refractivity contribution >= 4 is 5.97 Å². The average Bonchev–Trinajstić information content (AvgIpc) is 3.03. The highest BCUT2D eigenvalue weighted by Crippen LogP contribution is 2.54. The van der Waals surface area contributed by atoms with Crippen molar-refractivity contribution < 1.29 is 31.5 Å². The van der Waals surface area contributed by atoms with Gasteiger partial charge in [0.2, 0.25) is 0 Å². The van der Waals surface area contributed by atoms with Gasteiger partial charge in [0.05, 0.1) is 6.61 Å². The highest BCUT2D eigenvalue weighted by molar-refractivity contribution is 5.80. The van der Waals surface area contributed by atoms with Gasteiger partial charge in [0.15, 0.2) is 5.41 Å². The number of carbonyl (C=O) groups excluding carboxylic acids is 1. The fourth-order valence-electron chi connectivity index (χ4n) is 3.92. The Hall–Kier alpha value is -2.48. The van der Waals surface area contributed by atoms with Crippen LogP contribution in [0.4, 0.5) is 22.0 Å². The van der Waals surface area contributed by atoms with Crippen molar-refractivity contribution in [2.45, 2.75) is 25.6 Å². The first kappa shape index (κ1) is 21.2. The lowest BCUT2D eigenvalue weighted by Crippen LogP contribution is -2.51. The predicted molar refractivity (Wildman–Crippen MR) is 95.9 cm³/mol. The largest absolute Gasteiger partial charge is 0.465 e. The minimum Gasteiger partial charge on any atom is -0.465 e. The molecule has 1 fully saturated rings. The smallest absolute Gasteiger partial charge is 0.406 e. The quantitative estimate of drug-likeness (QED) is 0.527. The van der Waals surface area contributed by atoms with Crippen molar-refractivity contribution in [3.63, 3.8) is 0 Å². The summed E-state index contributed by atoms with van der Waals surface area (Å²) in [5.74, 6) is -5.03.